The maximum atomic E-state index is 13.0. The van der Waals surface area contributed by atoms with Gasteiger partial charge >= 0.3 is 0 Å². The summed E-state index contributed by atoms with van der Waals surface area (Å²) >= 11 is 1.54. The highest BCUT2D eigenvalue weighted by Crippen LogP contribution is 2.25. The third kappa shape index (κ3) is 3.26. The van der Waals surface area contributed by atoms with Crippen molar-refractivity contribution in [1.82, 2.24) is 20.1 Å². The lowest BCUT2D eigenvalue weighted by Gasteiger charge is -2.24. The second kappa shape index (κ2) is 6.64. The zero-order chi connectivity index (χ0) is 19.1. The van der Waals surface area contributed by atoms with Gasteiger partial charge in [0.25, 0.3) is 11.5 Å². The lowest BCUT2D eigenvalue weighted by molar-refractivity contribution is 0.0906. The Kier molecular flexibility index (Phi) is 4.66. The van der Waals surface area contributed by atoms with Crippen LogP contribution < -0.4 is 10.9 Å². The average Bonchev–Trinajstić information content (AvgIpc) is 3.02. The second-order valence-electron chi connectivity index (χ2n) is 7.09. The number of hydrogen-bond donors (Lipinski definition) is 1. The maximum Gasteiger partial charge on any atom is 0.274 e. The molecule has 2 aromatic heterocycles. The van der Waals surface area contributed by atoms with Crippen LogP contribution in [0.15, 0.2) is 35.3 Å². The molecule has 136 valence electrons. The number of carbonyl (C=O) groups is 1. The van der Waals surface area contributed by atoms with Crippen LogP contribution in [0.5, 0.6) is 0 Å². The van der Waals surface area contributed by atoms with E-state index in [1.54, 1.807) is 41.8 Å². The Bertz CT molecular complexity index is 1030. The molecule has 0 saturated carbocycles. The molecule has 7 heteroatoms. The van der Waals surface area contributed by atoms with Crippen LogP contribution in [0.4, 0.5) is 0 Å². The van der Waals surface area contributed by atoms with Gasteiger partial charge in [-0.15, -0.1) is 11.3 Å². The standard InChI is InChI=1S/C19H22N4O2S/c1-11(2)23-17(25)14-9-7-6-8-13(14)15(22-23)16(24)21-19(4,5)18-20-10-12(3)26-18/h6-11H,1-5H3,(H,21,24). The van der Waals surface area contributed by atoms with Crippen LogP contribution in [0.1, 0.15) is 54.1 Å². The van der Waals surface area contributed by atoms with E-state index in [4.69, 9.17) is 0 Å². The molecule has 26 heavy (non-hydrogen) atoms. The molecule has 0 unspecified atom stereocenters. The summed E-state index contributed by atoms with van der Waals surface area (Å²) in [5, 5.41) is 9.24. The monoisotopic (exact) mass is 370 g/mol. The van der Waals surface area contributed by atoms with Gasteiger partial charge in [-0.05, 0) is 40.7 Å². The van der Waals surface area contributed by atoms with Crippen molar-refractivity contribution in [3.63, 3.8) is 0 Å². The summed E-state index contributed by atoms with van der Waals surface area (Å²) in [7, 11) is 0. The first-order valence-electron chi connectivity index (χ1n) is 8.47. The van der Waals surface area contributed by atoms with E-state index in [1.807, 2.05) is 34.6 Å². The number of aromatic nitrogens is 3. The fourth-order valence-electron chi connectivity index (χ4n) is 2.76. The van der Waals surface area contributed by atoms with E-state index in [1.165, 1.54) is 4.68 Å². The minimum atomic E-state index is -0.641. The van der Waals surface area contributed by atoms with Crippen LogP contribution >= 0.6 is 11.3 Å². The van der Waals surface area contributed by atoms with Gasteiger partial charge in [0.2, 0.25) is 0 Å². The largest absolute Gasteiger partial charge is 0.339 e. The molecule has 6 nitrogen and oxygen atoms in total. The van der Waals surface area contributed by atoms with Crippen LogP contribution in [0.2, 0.25) is 0 Å². The Balaban J connectivity index is 2.08. The third-order valence-electron chi connectivity index (χ3n) is 4.11. The molecule has 1 N–H and O–H groups in total. The van der Waals surface area contributed by atoms with Gasteiger partial charge in [-0.25, -0.2) is 9.67 Å². The molecule has 0 aliphatic heterocycles. The van der Waals surface area contributed by atoms with E-state index in [2.05, 4.69) is 15.4 Å². The van der Waals surface area contributed by atoms with Gasteiger partial charge < -0.3 is 5.32 Å². The minimum absolute atomic E-state index is 0.145. The van der Waals surface area contributed by atoms with Gasteiger partial charge in [-0.3, -0.25) is 9.59 Å². The number of nitrogens with one attached hydrogen (secondary N) is 1. The number of amides is 1. The highest BCUT2D eigenvalue weighted by atomic mass is 32.1. The SMILES string of the molecule is Cc1cnc(C(C)(C)NC(=O)c2nn(C(C)C)c(=O)c3ccccc23)s1. The molecule has 2 heterocycles. The lowest BCUT2D eigenvalue weighted by atomic mass is 10.1. The van der Waals surface area contributed by atoms with Gasteiger partial charge in [-0.1, -0.05) is 18.2 Å². The quantitative estimate of drug-likeness (QED) is 0.763. The Morgan fingerprint density at radius 2 is 1.88 bits per heavy atom. The van der Waals surface area contributed by atoms with E-state index in [9.17, 15) is 9.59 Å². The van der Waals surface area contributed by atoms with E-state index < -0.39 is 5.54 Å². The second-order valence-corrected chi connectivity index (χ2v) is 8.33. The molecule has 0 bridgehead atoms. The van der Waals surface area contributed by atoms with Crippen molar-refractivity contribution in [2.45, 2.75) is 46.2 Å². The van der Waals surface area contributed by atoms with Crippen LogP contribution in [0.25, 0.3) is 10.8 Å². The molecule has 1 aromatic carbocycles. The molecular weight excluding hydrogens is 348 g/mol. The normalized spacial score (nSPS) is 11.9. The van der Waals surface area contributed by atoms with Gasteiger partial charge in [0, 0.05) is 16.5 Å². The lowest BCUT2D eigenvalue weighted by Crippen LogP contribution is -2.42. The van der Waals surface area contributed by atoms with Crippen molar-refractivity contribution in [3.05, 3.63) is 56.4 Å². The van der Waals surface area contributed by atoms with Crippen molar-refractivity contribution in [1.29, 1.82) is 0 Å². The van der Waals surface area contributed by atoms with Crippen molar-refractivity contribution in [3.8, 4) is 0 Å². The van der Waals surface area contributed by atoms with Gasteiger partial charge in [0.05, 0.1) is 17.0 Å². The molecule has 0 radical (unpaired) electrons. The summed E-state index contributed by atoms with van der Waals surface area (Å²) < 4.78 is 1.36. The third-order valence-corrected chi connectivity index (χ3v) is 5.35. The number of nitrogens with zero attached hydrogens (tertiary/aromatic N) is 3. The molecule has 0 fully saturated rings. The molecule has 3 rings (SSSR count). The fraction of sp³-hybridized carbons (Fsp3) is 0.368. The van der Waals surface area contributed by atoms with Crippen LogP contribution in [0.3, 0.4) is 0 Å². The summed E-state index contributed by atoms with van der Waals surface area (Å²) in [6.45, 7) is 9.53. The number of rotatable bonds is 4. The molecule has 0 aliphatic rings. The Morgan fingerprint density at radius 1 is 1.23 bits per heavy atom. The zero-order valence-electron chi connectivity index (χ0n) is 15.5. The van der Waals surface area contributed by atoms with Crippen LogP contribution in [-0.2, 0) is 5.54 Å². The Labute approximate surface area is 155 Å². The molecule has 0 spiro atoms. The van der Waals surface area contributed by atoms with E-state index in [-0.39, 0.29) is 23.2 Å². The van der Waals surface area contributed by atoms with Crippen molar-refractivity contribution in [2.24, 2.45) is 0 Å². The molecule has 1 amide bonds. The highest BCUT2D eigenvalue weighted by molar-refractivity contribution is 7.11. The summed E-state index contributed by atoms with van der Waals surface area (Å²) in [6, 6.07) is 6.93. The number of thiazole rings is 1. The Morgan fingerprint density at radius 3 is 2.46 bits per heavy atom. The smallest absolute Gasteiger partial charge is 0.274 e. The topological polar surface area (TPSA) is 76.9 Å². The summed E-state index contributed by atoms with van der Waals surface area (Å²) in [6.07, 6.45) is 1.79. The highest BCUT2D eigenvalue weighted by Gasteiger charge is 2.28. The predicted molar refractivity (Wildman–Crippen MR) is 104 cm³/mol. The van der Waals surface area contributed by atoms with Gasteiger partial charge in [0.1, 0.15) is 5.01 Å². The van der Waals surface area contributed by atoms with Gasteiger partial charge in [-0.2, -0.15) is 5.10 Å². The number of aryl methyl sites for hydroxylation is 1. The first-order valence-corrected chi connectivity index (χ1v) is 9.29. The Hall–Kier alpha value is -2.54. The molecule has 3 aromatic rings. The zero-order valence-corrected chi connectivity index (χ0v) is 16.3. The van der Waals surface area contributed by atoms with Gasteiger partial charge in [0.15, 0.2) is 5.69 Å². The average molecular weight is 370 g/mol. The van der Waals surface area contributed by atoms with Crippen molar-refractivity contribution >= 4 is 28.0 Å². The van der Waals surface area contributed by atoms with Crippen LogP contribution in [-0.4, -0.2) is 20.7 Å². The predicted octanol–water partition coefficient (Wildman–Crippen LogP) is 3.41. The molecular formula is C19H22N4O2S. The number of benzene rings is 1. The summed E-state index contributed by atoms with van der Waals surface area (Å²) in [5.41, 5.74) is -0.588. The first kappa shape index (κ1) is 18.3. The van der Waals surface area contributed by atoms with E-state index >= 15 is 0 Å². The summed E-state index contributed by atoms with van der Waals surface area (Å²) in [5.74, 6) is -0.326. The van der Waals surface area contributed by atoms with E-state index in [0.717, 1.165) is 9.88 Å². The van der Waals surface area contributed by atoms with E-state index in [0.29, 0.717) is 10.8 Å². The number of fused-ring (bicyclic) bond motifs is 1. The molecule has 0 atom stereocenters. The number of carbonyl (C=O) groups excluding carboxylic acids is 1. The maximum absolute atomic E-state index is 13.0. The molecule has 0 aliphatic carbocycles. The summed E-state index contributed by atoms with van der Waals surface area (Å²) in [4.78, 5) is 31.1. The fourth-order valence-corrected chi connectivity index (χ4v) is 3.59. The van der Waals surface area contributed by atoms with Crippen molar-refractivity contribution in [2.75, 3.05) is 0 Å². The van der Waals surface area contributed by atoms with Crippen LogP contribution in [0, 0.1) is 6.92 Å². The minimum Gasteiger partial charge on any atom is -0.339 e. The molecule has 0 saturated heterocycles. The number of hydrogen-bond acceptors (Lipinski definition) is 5. The van der Waals surface area contributed by atoms with Crippen molar-refractivity contribution < 1.29 is 4.79 Å². The first-order chi connectivity index (χ1) is 12.2.